The third-order valence-corrected chi connectivity index (χ3v) is 2.26. The maximum Gasteiger partial charge on any atom is 0.0690 e. The molecule has 2 heteroatoms. The molecule has 2 nitrogen and oxygen atoms in total. The molecule has 1 aromatic rings. The molecule has 0 aliphatic carbocycles. The van der Waals surface area contributed by atoms with Crippen LogP contribution in [-0.2, 0) is 4.74 Å². The lowest BCUT2D eigenvalue weighted by Gasteiger charge is -2.05. The van der Waals surface area contributed by atoms with E-state index in [-0.39, 0.29) is 0 Å². The van der Waals surface area contributed by atoms with Crippen molar-refractivity contribution in [1.82, 2.24) is 5.32 Å². The quantitative estimate of drug-likeness (QED) is 0.548. The van der Waals surface area contributed by atoms with Crippen molar-refractivity contribution >= 4 is 6.08 Å². The first kappa shape index (κ1) is 13.7. The Labute approximate surface area is 104 Å². The first-order valence-electron chi connectivity index (χ1n) is 5.99. The smallest absolute Gasteiger partial charge is 0.0690 e. The third-order valence-electron chi connectivity index (χ3n) is 2.26. The molecule has 0 aliphatic heterocycles. The van der Waals surface area contributed by atoms with E-state index in [1.54, 1.807) is 0 Å². The SMILES string of the molecule is C=C(CNCC)COC/C=C/c1ccccc1. The lowest BCUT2D eigenvalue weighted by molar-refractivity contribution is 0.186. The van der Waals surface area contributed by atoms with Crippen molar-refractivity contribution in [3.8, 4) is 0 Å². The summed E-state index contributed by atoms with van der Waals surface area (Å²) in [4.78, 5) is 0. The van der Waals surface area contributed by atoms with Crippen molar-refractivity contribution in [3.05, 3.63) is 54.1 Å². The minimum Gasteiger partial charge on any atom is -0.373 e. The molecule has 1 rings (SSSR count). The fourth-order valence-corrected chi connectivity index (χ4v) is 1.37. The number of benzene rings is 1. The lowest BCUT2D eigenvalue weighted by atomic mass is 10.2. The molecular weight excluding hydrogens is 210 g/mol. The van der Waals surface area contributed by atoms with Crippen molar-refractivity contribution in [2.75, 3.05) is 26.3 Å². The Morgan fingerprint density at radius 2 is 2.12 bits per heavy atom. The van der Waals surface area contributed by atoms with Gasteiger partial charge < -0.3 is 10.1 Å². The second-order valence-corrected chi connectivity index (χ2v) is 3.86. The molecule has 0 bridgehead atoms. The third kappa shape index (κ3) is 6.72. The molecule has 0 unspecified atom stereocenters. The molecule has 0 fully saturated rings. The maximum absolute atomic E-state index is 5.49. The first-order valence-corrected chi connectivity index (χ1v) is 5.99. The summed E-state index contributed by atoms with van der Waals surface area (Å²) in [6, 6.07) is 10.2. The summed E-state index contributed by atoms with van der Waals surface area (Å²) in [6.45, 7) is 9.06. The van der Waals surface area contributed by atoms with Gasteiger partial charge in [-0.15, -0.1) is 0 Å². The zero-order valence-electron chi connectivity index (χ0n) is 10.5. The normalized spacial score (nSPS) is 10.9. The predicted molar refractivity (Wildman–Crippen MR) is 74.0 cm³/mol. The van der Waals surface area contributed by atoms with Gasteiger partial charge in [-0.1, -0.05) is 56.0 Å². The number of likely N-dealkylation sites (N-methyl/N-ethyl adjacent to an activating group) is 1. The molecule has 0 aromatic heterocycles. The van der Waals surface area contributed by atoms with Gasteiger partial charge in [0, 0.05) is 6.54 Å². The molecule has 0 saturated heterocycles. The van der Waals surface area contributed by atoms with Crippen molar-refractivity contribution in [1.29, 1.82) is 0 Å². The summed E-state index contributed by atoms with van der Waals surface area (Å²) in [5, 5.41) is 3.22. The number of nitrogens with one attached hydrogen (secondary N) is 1. The van der Waals surface area contributed by atoms with E-state index in [2.05, 4.69) is 37.0 Å². The Morgan fingerprint density at radius 3 is 2.82 bits per heavy atom. The Balaban J connectivity index is 2.12. The van der Waals surface area contributed by atoms with Crippen LogP contribution in [0.5, 0.6) is 0 Å². The molecule has 0 amide bonds. The van der Waals surface area contributed by atoms with Gasteiger partial charge in [-0.2, -0.15) is 0 Å². The Bertz CT molecular complexity index is 343. The standard InChI is InChI=1S/C15H21NO/c1-3-16-12-14(2)13-17-11-7-10-15-8-5-4-6-9-15/h4-10,16H,2-3,11-13H2,1H3/b10-7+. The van der Waals surface area contributed by atoms with E-state index >= 15 is 0 Å². The van der Waals surface area contributed by atoms with E-state index in [4.69, 9.17) is 4.74 Å². The summed E-state index contributed by atoms with van der Waals surface area (Å²) in [5.41, 5.74) is 2.28. The van der Waals surface area contributed by atoms with Gasteiger partial charge in [0.25, 0.3) is 0 Å². The highest BCUT2D eigenvalue weighted by Gasteiger charge is 1.92. The van der Waals surface area contributed by atoms with Crippen LogP contribution in [0.1, 0.15) is 12.5 Å². The molecule has 0 aliphatic rings. The second kappa shape index (κ2) is 8.74. The van der Waals surface area contributed by atoms with Crippen LogP contribution in [0.25, 0.3) is 6.08 Å². The van der Waals surface area contributed by atoms with Crippen LogP contribution in [0.15, 0.2) is 48.6 Å². The van der Waals surface area contributed by atoms with Crippen LogP contribution < -0.4 is 5.32 Å². The summed E-state index contributed by atoms with van der Waals surface area (Å²) < 4.78 is 5.49. The summed E-state index contributed by atoms with van der Waals surface area (Å²) in [5.74, 6) is 0. The maximum atomic E-state index is 5.49. The fraction of sp³-hybridized carbons (Fsp3) is 0.333. The second-order valence-electron chi connectivity index (χ2n) is 3.86. The molecule has 0 saturated carbocycles. The number of hydrogen-bond donors (Lipinski definition) is 1. The highest BCUT2D eigenvalue weighted by Crippen LogP contribution is 2.00. The minimum atomic E-state index is 0.617. The minimum absolute atomic E-state index is 0.617. The summed E-state index contributed by atoms with van der Waals surface area (Å²) >= 11 is 0. The van der Waals surface area contributed by atoms with Crippen LogP contribution >= 0.6 is 0 Å². The number of rotatable bonds is 8. The molecule has 0 heterocycles. The Morgan fingerprint density at radius 1 is 1.35 bits per heavy atom. The van der Waals surface area contributed by atoms with Crippen LogP contribution in [0.2, 0.25) is 0 Å². The first-order chi connectivity index (χ1) is 8.33. The molecule has 0 radical (unpaired) electrons. The van der Waals surface area contributed by atoms with E-state index in [1.807, 2.05) is 24.3 Å². The van der Waals surface area contributed by atoms with Gasteiger partial charge in [0.1, 0.15) is 0 Å². The van der Waals surface area contributed by atoms with Crippen LogP contribution in [0.3, 0.4) is 0 Å². The molecule has 92 valence electrons. The molecule has 17 heavy (non-hydrogen) atoms. The van der Waals surface area contributed by atoms with E-state index in [0.29, 0.717) is 13.2 Å². The van der Waals surface area contributed by atoms with E-state index in [0.717, 1.165) is 18.7 Å². The summed E-state index contributed by atoms with van der Waals surface area (Å²) in [6.07, 6.45) is 4.09. The van der Waals surface area contributed by atoms with Gasteiger partial charge in [0.05, 0.1) is 13.2 Å². The van der Waals surface area contributed by atoms with Crippen LogP contribution in [-0.4, -0.2) is 26.3 Å². The van der Waals surface area contributed by atoms with E-state index in [1.165, 1.54) is 5.56 Å². The number of ether oxygens (including phenoxy) is 1. The van der Waals surface area contributed by atoms with Gasteiger partial charge in [0.15, 0.2) is 0 Å². The highest BCUT2D eigenvalue weighted by atomic mass is 16.5. The van der Waals surface area contributed by atoms with E-state index in [9.17, 15) is 0 Å². The number of hydrogen-bond acceptors (Lipinski definition) is 2. The lowest BCUT2D eigenvalue weighted by Crippen LogP contribution is -2.18. The van der Waals surface area contributed by atoms with Crippen LogP contribution in [0.4, 0.5) is 0 Å². The van der Waals surface area contributed by atoms with E-state index < -0.39 is 0 Å². The van der Waals surface area contributed by atoms with Gasteiger partial charge >= 0.3 is 0 Å². The predicted octanol–water partition coefficient (Wildman–Crippen LogP) is 2.88. The average molecular weight is 231 g/mol. The van der Waals surface area contributed by atoms with Crippen LogP contribution in [0, 0.1) is 0 Å². The molecular formula is C15H21NO. The Hall–Kier alpha value is -1.38. The molecule has 1 N–H and O–H groups in total. The van der Waals surface area contributed by atoms with Gasteiger partial charge in [-0.3, -0.25) is 0 Å². The monoisotopic (exact) mass is 231 g/mol. The van der Waals surface area contributed by atoms with Gasteiger partial charge in [-0.05, 0) is 17.7 Å². The zero-order chi connectivity index (χ0) is 12.3. The fourth-order valence-electron chi connectivity index (χ4n) is 1.37. The van der Waals surface area contributed by atoms with Crippen molar-refractivity contribution in [2.45, 2.75) is 6.92 Å². The van der Waals surface area contributed by atoms with Crippen molar-refractivity contribution in [3.63, 3.8) is 0 Å². The zero-order valence-corrected chi connectivity index (χ0v) is 10.5. The van der Waals surface area contributed by atoms with Gasteiger partial charge in [-0.25, -0.2) is 0 Å². The molecule has 0 spiro atoms. The summed E-state index contributed by atoms with van der Waals surface area (Å²) in [7, 11) is 0. The molecule has 0 atom stereocenters. The van der Waals surface area contributed by atoms with Crippen molar-refractivity contribution in [2.24, 2.45) is 0 Å². The Kier molecular flexibility index (Phi) is 7.03. The largest absolute Gasteiger partial charge is 0.373 e. The average Bonchev–Trinajstić information content (AvgIpc) is 2.37. The highest BCUT2D eigenvalue weighted by molar-refractivity contribution is 5.48. The topological polar surface area (TPSA) is 21.3 Å². The molecule has 1 aromatic carbocycles. The van der Waals surface area contributed by atoms with Gasteiger partial charge in [0.2, 0.25) is 0 Å². The van der Waals surface area contributed by atoms with Crippen molar-refractivity contribution < 1.29 is 4.74 Å².